The Kier molecular flexibility index (Phi) is 6.67. The average molecular weight is 290 g/mol. The molecule has 0 rings (SSSR count). The van der Waals surface area contributed by atoms with Crippen molar-refractivity contribution in [3.63, 3.8) is 0 Å². The van der Waals surface area contributed by atoms with Crippen molar-refractivity contribution < 1.29 is 38.5 Å². The second-order valence-corrected chi connectivity index (χ2v) is 4.23. The summed E-state index contributed by atoms with van der Waals surface area (Å²) in [7, 11) is 0. The van der Waals surface area contributed by atoms with Crippen LogP contribution in [0.3, 0.4) is 0 Å². The fourth-order valence-corrected chi connectivity index (χ4v) is 1.31. The molecular weight excluding hydrogens is 272 g/mol. The van der Waals surface area contributed by atoms with E-state index in [2.05, 4.69) is 0 Å². The van der Waals surface area contributed by atoms with Crippen LogP contribution in [-0.2, 0) is 33.4 Å². The van der Waals surface area contributed by atoms with Crippen LogP contribution in [0.2, 0.25) is 0 Å². The fourth-order valence-electron chi connectivity index (χ4n) is 1.31. The maximum Gasteiger partial charge on any atom is 0.309 e. The minimum atomic E-state index is -1.81. The maximum absolute atomic E-state index is 11.5. The van der Waals surface area contributed by atoms with Crippen LogP contribution >= 0.6 is 0 Å². The number of esters is 3. The third-order valence-corrected chi connectivity index (χ3v) is 2.29. The molecule has 8 heteroatoms. The summed E-state index contributed by atoms with van der Waals surface area (Å²) in [5, 5.41) is 8.47. The zero-order valence-electron chi connectivity index (χ0n) is 11.8. The second kappa shape index (κ2) is 7.46. The van der Waals surface area contributed by atoms with E-state index in [1.54, 1.807) is 0 Å². The molecule has 0 bridgehead atoms. The molecule has 114 valence electrons. The van der Waals surface area contributed by atoms with E-state index in [1.807, 2.05) is 0 Å². The Hall–Kier alpha value is -2.12. The highest BCUT2D eigenvalue weighted by Crippen LogP contribution is 2.22. The van der Waals surface area contributed by atoms with Gasteiger partial charge in [-0.2, -0.15) is 0 Å². The van der Waals surface area contributed by atoms with Crippen molar-refractivity contribution in [2.75, 3.05) is 0 Å². The molecule has 8 nitrogen and oxygen atoms in total. The highest BCUT2D eigenvalue weighted by Gasteiger charge is 2.41. The molecule has 20 heavy (non-hydrogen) atoms. The molecule has 0 aliphatic rings. The van der Waals surface area contributed by atoms with Crippen LogP contribution in [0, 0.1) is 0 Å². The number of carboxylic acids is 1. The Labute approximate surface area is 116 Å². The Morgan fingerprint density at radius 1 is 1.05 bits per heavy atom. The Morgan fingerprint density at radius 3 is 2.00 bits per heavy atom. The van der Waals surface area contributed by atoms with Crippen LogP contribution in [0.1, 0.15) is 40.5 Å². The largest absolute Gasteiger partial charge is 0.481 e. The molecular formula is C12H18O8. The molecule has 0 saturated heterocycles. The third kappa shape index (κ3) is 6.72. The summed E-state index contributed by atoms with van der Waals surface area (Å²) in [6.07, 6.45) is -1.85. The van der Waals surface area contributed by atoms with Gasteiger partial charge in [-0.15, -0.1) is 0 Å². The molecule has 0 aliphatic carbocycles. The van der Waals surface area contributed by atoms with E-state index >= 15 is 0 Å². The van der Waals surface area contributed by atoms with E-state index in [1.165, 1.54) is 13.8 Å². The highest BCUT2D eigenvalue weighted by molar-refractivity contribution is 5.77. The number of aliphatic carboxylic acids is 1. The van der Waals surface area contributed by atoms with Gasteiger partial charge in [0.2, 0.25) is 0 Å². The predicted octanol–water partition coefficient (Wildman–Crippen LogP) is 0.625. The molecule has 0 aromatic heterocycles. The first-order valence-electron chi connectivity index (χ1n) is 5.87. The van der Waals surface area contributed by atoms with Crippen molar-refractivity contribution in [1.29, 1.82) is 0 Å². The number of hydrogen-bond acceptors (Lipinski definition) is 7. The molecule has 0 spiro atoms. The van der Waals surface area contributed by atoms with Crippen LogP contribution in [0.4, 0.5) is 0 Å². The summed E-state index contributed by atoms with van der Waals surface area (Å²) in [6, 6.07) is 0. The van der Waals surface area contributed by atoms with E-state index in [9.17, 15) is 19.2 Å². The molecule has 2 atom stereocenters. The number of carbonyl (C=O) groups excluding carboxylic acids is 3. The molecule has 0 aromatic carbocycles. The first-order chi connectivity index (χ1) is 9.06. The second-order valence-electron chi connectivity index (χ2n) is 4.23. The first kappa shape index (κ1) is 17.9. The van der Waals surface area contributed by atoms with Gasteiger partial charge < -0.3 is 19.3 Å². The van der Waals surface area contributed by atoms with E-state index < -0.39 is 42.2 Å². The molecule has 0 saturated carbocycles. The van der Waals surface area contributed by atoms with Crippen molar-refractivity contribution in [1.82, 2.24) is 0 Å². The lowest BCUT2D eigenvalue weighted by molar-refractivity contribution is -0.254. The lowest BCUT2D eigenvalue weighted by Crippen LogP contribution is -2.47. The molecule has 0 amide bonds. The van der Waals surface area contributed by atoms with Gasteiger partial charge in [0, 0.05) is 20.8 Å². The lowest BCUT2D eigenvalue weighted by atomic mass is 10.2. The zero-order valence-corrected chi connectivity index (χ0v) is 11.8. The van der Waals surface area contributed by atoms with Crippen LogP contribution < -0.4 is 0 Å². The van der Waals surface area contributed by atoms with Gasteiger partial charge in [0.15, 0.2) is 6.10 Å². The van der Waals surface area contributed by atoms with E-state index in [4.69, 9.17) is 19.3 Å². The molecule has 1 N–H and O–H groups in total. The number of carbonyl (C=O) groups is 4. The summed E-state index contributed by atoms with van der Waals surface area (Å²) >= 11 is 0. The van der Waals surface area contributed by atoms with Crippen molar-refractivity contribution in [2.24, 2.45) is 0 Å². The summed E-state index contributed by atoms with van der Waals surface area (Å²) in [5.41, 5.74) is 0. The normalized spacial score (nSPS) is 14.6. The van der Waals surface area contributed by atoms with Crippen molar-refractivity contribution >= 4 is 23.9 Å². The van der Waals surface area contributed by atoms with Gasteiger partial charge in [0.1, 0.15) is 0 Å². The molecule has 0 radical (unpaired) electrons. The monoisotopic (exact) mass is 290 g/mol. The predicted molar refractivity (Wildman–Crippen MR) is 64.4 cm³/mol. The van der Waals surface area contributed by atoms with Crippen molar-refractivity contribution in [3.8, 4) is 0 Å². The fraction of sp³-hybridized carbons (Fsp3) is 0.667. The topological polar surface area (TPSA) is 116 Å². The number of carboxylic acid groups (broad SMARTS) is 1. The number of hydrogen-bond donors (Lipinski definition) is 1. The van der Waals surface area contributed by atoms with Crippen molar-refractivity contribution in [2.45, 2.75) is 52.4 Å². The van der Waals surface area contributed by atoms with Crippen LogP contribution in [0.5, 0.6) is 0 Å². The first-order valence-corrected chi connectivity index (χ1v) is 5.87. The van der Waals surface area contributed by atoms with Gasteiger partial charge in [-0.3, -0.25) is 19.2 Å². The Balaban J connectivity index is 4.85. The van der Waals surface area contributed by atoms with Crippen LogP contribution in [0.15, 0.2) is 0 Å². The van der Waals surface area contributed by atoms with Crippen LogP contribution in [0.25, 0.3) is 0 Å². The number of rotatable bonds is 7. The highest BCUT2D eigenvalue weighted by atomic mass is 16.8. The van der Waals surface area contributed by atoms with Gasteiger partial charge in [-0.1, -0.05) is 0 Å². The van der Waals surface area contributed by atoms with Gasteiger partial charge in [0.05, 0.1) is 12.8 Å². The molecule has 2 unspecified atom stereocenters. The molecule has 0 aliphatic heterocycles. The standard InChI is InChI=1S/C12H18O8/c1-7(18-8(2)13)12(4,19-9(3)14)20-11(17)6-5-10(15)16/h7H,5-6H2,1-4H3,(H,15,16). The smallest absolute Gasteiger partial charge is 0.309 e. The summed E-state index contributed by atoms with van der Waals surface area (Å²) in [5.74, 6) is -5.23. The third-order valence-electron chi connectivity index (χ3n) is 2.29. The molecule has 0 heterocycles. The van der Waals surface area contributed by atoms with Crippen molar-refractivity contribution in [3.05, 3.63) is 0 Å². The quantitative estimate of drug-likeness (QED) is 0.536. The SMILES string of the molecule is CC(=O)OC(C)C(C)(OC(C)=O)OC(=O)CCC(=O)O. The minimum absolute atomic E-state index is 0.390. The Bertz CT molecular complexity index is 402. The van der Waals surface area contributed by atoms with Gasteiger partial charge in [-0.05, 0) is 6.92 Å². The van der Waals surface area contributed by atoms with Crippen LogP contribution in [-0.4, -0.2) is 40.9 Å². The lowest BCUT2D eigenvalue weighted by Gasteiger charge is -2.33. The van der Waals surface area contributed by atoms with E-state index in [0.717, 1.165) is 13.8 Å². The van der Waals surface area contributed by atoms with Gasteiger partial charge in [0.25, 0.3) is 5.79 Å². The number of ether oxygens (including phenoxy) is 3. The average Bonchev–Trinajstić information content (AvgIpc) is 2.24. The van der Waals surface area contributed by atoms with E-state index in [0.29, 0.717) is 0 Å². The zero-order chi connectivity index (χ0) is 15.9. The Morgan fingerprint density at radius 2 is 1.60 bits per heavy atom. The summed E-state index contributed by atoms with van der Waals surface area (Å²) < 4.78 is 14.6. The summed E-state index contributed by atoms with van der Waals surface area (Å²) in [6.45, 7) is 4.89. The molecule has 0 aromatic rings. The summed E-state index contributed by atoms with van der Waals surface area (Å²) in [4.78, 5) is 43.8. The van der Waals surface area contributed by atoms with E-state index in [-0.39, 0.29) is 6.42 Å². The van der Waals surface area contributed by atoms with Gasteiger partial charge in [-0.25, -0.2) is 0 Å². The van der Waals surface area contributed by atoms with Gasteiger partial charge >= 0.3 is 23.9 Å². The molecule has 0 fully saturated rings. The minimum Gasteiger partial charge on any atom is -0.481 e. The maximum atomic E-state index is 11.5.